The summed E-state index contributed by atoms with van der Waals surface area (Å²) < 4.78 is 15.0. The van der Waals surface area contributed by atoms with Crippen LogP contribution in [0.5, 0.6) is 0 Å². The van der Waals surface area contributed by atoms with E-state index in [1.807, 2.05) is 6.92 Å². The average Bonchev–Trinajstić information content (AvgIpc) is 2.42. The number of hydrogen-bond acceptors (Lipinski definition) is 5. The van der Waals surface area contributed by atoms with Crippen LogP contribution in [0.4, 0.5) is 0 Å². The highest BCUT2D eigenvalue weighted by molar-refractivity contribution is 5.82. The van der Waals surface area contributed by atoms with Crippen molar-refractivity contribution in [1.29, 1.82) is 0 Å². The molecule has 1 rings (SSSR count). The minimum atomic E-state index is -0.354. The van der Waals surface area contributed by atoms with Crippen molar-refractivity contribution in [2.45, 2.75) is 32.6 Å². The number of ether oxygens (including phenoxy) is 3. The lowest BCUT2D eigenvalue weighted by Crippen LogP contribution is -2.35. The predicted octanol–water partition coefficient (Wildman–Crippen LogP) is 1.55. The van der Waals surface area contributed by atoms with Crippen molar-refractivity contribution in [2.75, 3.05) is 26.9 Å². The molecule has 0 bridgehead atoms. The quantitative estimate of drug-likeness (QED) is 0.534. The maximum Gasteiger partial charge on any atom is 0.309 e. The molecule has 0 radical (unpaired) electrons. The zero-order valence-electron chi connectivity index (χ0n) is 11.1. The normalized spacial score (nSPS) is 23.4. The van der Waals surface area contributed by atoms with Gasteiger partial charge in [0.1, 0.15) is 6.61 Å². The zero-order valence-corrected chi connectivity index (χ0v) is 11.1. The van der Waals surface area contributed by atoms with Crippen LogP contribution < -0.4 is 0 Å². The fourth-order valence-corrected chi connectivity index (χ4v) is 2.30. The molecule has 2 unspecified atom stereocenters. The van der Waals surface area contributed by atoms with E-state index < -0.39 is 0 Å². The molecule has 5 heteroatoms. The molecule has 0 aromatic carbocycles. The van der Waals surface area contributed by atoms with E-state index in [4.69, 9.17) is 14.2 Å². The molecule has 0 aromatic rings. The van der Waals surface area contributed by atoms with E-state index in [1.54, 1.807) is 0 Å². The topological polar surface area (TPSA) is 61.8 Å². The average molecular weight is 258 g/mol. The first-order valence-electron chi connectivity index (χ1n) is 6.53. The second-order valence-corrected chi connectivity index (χ2v) is 4.39. The fourth-order valence-electron chi connectivity index (χ4n) is 2.30. The van der Waals surface area contributed by atoms with Gasteiger partial charge in [0, 0.05) is 6.61 Å². The Morgan fingerprint density at radius 2 is 1.67 bits per heavy atom. The molecule has 1 fully saturated rings. The molecule has 0 aromatic heterocycles. The Bertz CT molecular complexity index is 277. The van der Waals surface area contributed by atoms with Gasteiger partial charge in [-0.25, -0.2) is 0 Å². The van der Waals surface area contributed by atoms with Gasteiger partial charge in [-0.1, -0.05) is 12.8 Å². The van der Waals surface area contributed by atoms with E-state index in [0.717, 1.165) is 12.8 Å². The van der Waals surface area contributed by atoms with Crippen molar-refractivity contribution >= 4 is 11.9 Å². The number of methoxy groups -OCH3 is 1. The van der Waals surface area contributed by atoms with Crippen LogP contribution in [0.15, 0.2) is 0 Å². The molecule has 1 aliphatic rings. The standard InChI is InChI=1S/C13H22O5/c1-3-17-8-9-18-13(15)11-7-5-4-6-10(11)12(14)16-2/h10-11H,3-9H2,1-2H3. The number of hydrogen-bond donors (Lipinski definition) is 0. The molecule has 1 aliphatic carbocycles. The molecule has 104 valence electrons. The van der Waals surface area contributed by atoms with Gasteiger partial charge in [0.2, 0.25) is 0 Å². The Hall–Kier alpha value is -1.10. The van der Waals surface area contributed by atoms with Crippen LogP contribution >= 0.6 is 0 Å². The molecular weight excluding hydrogens is 236 g/mol. The predicted molar refractivity (Wildman–Crippen MR) is 64.9 cm³/mol. The largest absolute Gasteiger partial charge is 0.469 e. The molecule has 0 aliphatic heterocycles. The van der Waals surface area contributed by atoms with E-state index in [2.05, 4.69) is 0 Å². The van der Waals surface area contributed by atoms with Gasteiger partial charge in [0.25, 0.3) is 0 Å². The minimum Gasteiger partial charge on any atom is -0.469 e. The SMILES string of the molecule is CCOCCOC(=O)C1CCCCC1C(=O)OC. The third-order valence-electron chi connectivity index (χ3n) is 3.25. The van der Waals surface area contributed by atoms with Crippen LogP contribution in [0.25, 0.3) is 0 Å². The van der Waals surface area contributed by atoms with Crippen LogP contribution in [0, 0.1) is 11.8 Å². The molecule has 18 heavy (non-hydrogen) atoms. The first-order valence-corrected chi connectivity index (χ1v) is 6.53. The minimum absolute atomic E-state index is 0.247. The summed E-state index contributed by atoms with van der Waals surface area (Å²) in [7, 11) is 1.36. The Labute approximate surface area is 108 Å². The van der Waals surface area contributed by atoms with Gasteiger partial charge in [-0.3, -0.25) is 9.59 Å². The van der Waals surface area contributed by atoms with Crippen molar-refractivity contribution in [3.63, 3.8) is 0 Å². The van der Waals surface area contributed by atoms with Crippen molar-refractivity contribution in [3.05, 3.63) is 0 Å². The monoisotopic (exact) mass is 258 g/mol. The first-order chi connectivity index (χ1) is 8.70. The summed E-state index contributed by atoms with van der Waals surface area (Å²) in [6.07, 6.45) is 3.33. The van der Waals surface area contributed by atoms with Gasteiger partial charge in [0.15, 0.2) is 0 Å². The summed E-state index contributed by atoms with van der Waals surface area (Å²) in [6.45, 7) is 3.14. The summed E-state index contributed by atoms with van der Waals surface area (Å²) >= 11 is 0. The number of carbonyl (C=O) groups excluding carboxylic acids is 2. The lowest BCUT2D eigenvalue weighted by Gasteiger charge is -2.27. The van der Waals surface area contributed by atoms with Crippen LogP contribution in [0.1, 0.15) is 32.6 Å². The summed E-state index contributed by atoms with van der Waals surface area (Å²) in [5.74, 6) is -1.30. The Kier molecular flexibility index (Phi) is 6.72. The Morgan fingerprint density at radius 3 is 2.22 bits per heavy atom. The number of esters is 2. The highest BCUT2D eigenvalue weighted by Crippen LogP contribution is 2.31. The van der Waals surface area contributed by atoms with E-state index in [1.165, 1.54) is 7.11 Å². The maximum absolute atomic E-state index is 11.9. The summed E-state index contributed by atoms with van der Waals surface area (Å²) in [6, 6.07) is 0. The third-order valence-corrected chi connectivity index (χ3v) is 3.25. The van der Waals surface area contributed by atoms with E-state index >= 15 is 0 Å². The van der Waals surface area contributed by atoms with Crippen molar-refractivity contribution in [2.24, 2.45) is 11.8 Å². The molecule has 0 amide bonds. The summed E-state index contributed by atoms with van der Waals surface area (Å²) in [4.78, 5) is 23.5. The fraction of sp³-hybridized carbons (Fsp3) is 0.846. The van der Waals surface area contributed by atoms with Gasteiger partial charge in [0.05, 0.1) is 25.6 Å². The van der Waals surface area contributed by atoms with Crippen LogP contribution in [-0.2, 0) is 23.8 Å². The smallest absolute Gasteiger partial charge is 0.309 e. The highest BCUT2D eigenvalue weighted by Gasteiger charge is 2.37. The van der Waals surface area contributed by atoms with E-state index in [-0.39, 0.29) is 30.4 Å². The molecule has 0 saturated heterocycles. The molecule has 5 nitrogen and oxygen atoms in total. The van der Waals surface area contributed by atoms with Gasteiger partial charge in [-0.05, 0) is 19.8 Å². The zero-order chi connectivity index (χ0) is 13.4. The van der Waals surface area contributed by atoms with Gasteiger partial charge >= 0.3 is 11.9 Å². The second-order valence-electron chi connectivity index (χ2n) is 4.39. The molecule has 2 atom stereocenters. The highest BCUT2D eigenvalue weighted by atomic mass is 16.6. The van der Waals surface area contributed by atoms with Crippen molar-refractivity contribution in [1.82, 2.24) is 0 Å². The Balaban J connectivity index is 2.44. The molecule has 0 spiro atoms. The Morgan fingerprint density at radius 1 is 1.06 bits per heavy atom. The third kappa shape index (κ3) is 4.29. The van der Waals surface area contributed by atoms with Crippen LogP contribution in [0.3, 0.4) is 0 Å². The lowest BCUT2D eigenvalue weighted by molar-refractivity contribution is -0.162. The van der Waals surface area contributed by atoms with Gasteiger partial charge in [-0.15, -0.1) is 0 Å². The molecular formula is C13H22O5. The maximum atomic E-state index is 11.9. The lowest BCUT2D eigenvalue weighted by atomic mass is 9.79. The van der Waals surface area contributed by atoms with Crippen LogP contribution in [-0.4, -0.2) is 38.9 Å². The molecule has 0 heterocycles. The first kappa shape index (κ1) is 15.0. The van der Waals surface area contributed by atoms with Crippen molar-refractivity contribution in [3.8, 4) is 0 Å². The van der Waals surface area contributed by atoms with E-state index in [0.29, 0.717) is 26.1 Å². The second kappa shape index (κ2) is 8.08. The molecule has 1 saturated carbocycles. The molecule has 0 N–H and O–H groups in total. The summed E-state index contributed by atoms with van der Waals surface area (Å²) in [5, 5.41) is 0. The van der Waals surface area contributed by atoms with Gasteiger partial charge in [-0.2, -0.15) is 0 Å². The van der Waals surface area contributed by atoms with Gasteiger partial charge < -0.3 is 14.2 Å². The number of carbonyl (C=O) groups is 2. The van der Waals surface area contributed by atoms with Crippen LogP contribution in [0.2, 0.25) is 0 Å². The number of rotatable bonds is 6. The van der Waals surface area contributed by atoms with E-state index in [9.17, 15) is 9.59 Å². The summed E-state index contributed by atoms with van der Waals surface area (Å²) in [5.41, 5.74) is 0. The van der Waals surface area contributed by atoms with Crippen molar-refractivity contribution < 1.29 is 23.8 Å².